The zero-order valence-electron chi connectivity index (χ0n) is 17.7. The van der Waals surface area contributed by atoms with E-state index in [1.165, 1.54) is 24.3 Å². The van der Waals surface area contributed by atoms with Gasteiger partial charge in [0.15, 0.2) is 11.2 Å². The van der Waals surface area contributed by atoms with E-state index in [9.17, 15) is 24.5 Å². The fourth-order valence-corrected chi connectivity index (χ4v) is 5.20. The summed E-state index contributed by atoms with van der Waals surface area (Å²) in [6.07, 6.45) is 0. The van der Waals surface area contributed by atoms with Crippen LogP contribution in [0.25, 0.3) is 0 Å². The monoisotopic (exact) mass is 521 g/mol. The lowest BCUT2D eigenvalue weighted by molar-refractivity contribution is -0.384. The number of benzene rings is 3. The standard InChI is InChI=1S/C25H16BrNO7/c1-24(21(28)14-6-8-15(26)9-7-14)20-18-4-2-3-5-19(18)34-23(30)25(20,24)22(29)33-17-12-10-16(11-13-17)27(31)32/h2-13,20H,1H3/t20-,24-,25-/m0/s1. The summed E-state index contributed by atoms with van der Waals surface area (Å²) in [6, 6.07) is 18.3. The van der Waals surface area contributed by atoms with Gasteiger partial charge in [-0.15, -0.1) is 0 Å². The number of ketones is 1. The van der Waals surface area contributed by atoms with Crippen molar-refractivity contribution in [2.75, 3.05) is 0 Å². The number of rotatable bonds is 5. The summed E-state index contributed by atoms with van der Waals surface area (Å²) < 4.78 is 11.8. The van der Waals surface area contributed by atoms with Gasteiger partial charge in [-0.05, 0) is 37.3 Å². The summed E-state index contributed by atoms with van der Waals surface area (Å²) in [6.45, 7) is 1.57. The van der Waals surface area contributed by atoms with Gasteiger partial charge in [0.1, 0.15) is 11.5 Å². The number of carbonyl (C=O) groups excluding carboxylic acids is 3. The topological polar surface area (TPSA) is 113 Å². The lowest BCUT2D eigenvalue weighted by atomic mass is 9.87. The molecule has 1 aliphatic carbocycles. The molecule has 1 fully saturated rings. The first-order valence-electron chi connectivity index (χ1n) is 10.3. The molecule has 2 aliphatic rings. The molecule has 3 atom stereocenters. The third-order valence-corrected chi connectivity index (χ3v) is 7.19. The summed E-state index contributed by atoms with van der Waals surface area (Å²) in [5, 5.41) is 10.9. The van der Waals surface area contributed by atoms with Gasteiger partial charge in [0.05, 0.1) is 10.3 Å². The van der Waals surface area contributed by atoms with Crippen LogP contribution in [0.4, 0.5) is 5.69 Å². The molecule has 3 aromatic carbocycles. The average Bonchev–Trinajstić information content (AvgIpc) is 3.43. The number of esters is 2. The van der Waals surface area contributed by atoms with Crippen molar-refractivity contribution < 1.29 is 28.8 Å². The van der Waals surface area contributed by atoms with Gasteiger partial charge >= 0.3 is 11.9 Å². The van der Waals surface area contributed by atoms with Crippen LogP contribution in [-0.4, -0.2) is 22.6 Å². The van der Waals surface area contributed by atoms with Gasteiger partial charge in [0, 0.05) is 33.7 Å². The third-order valence-electron chi connectivity index (χ3n) is 6.66. The van der Waals surface area contributed by atoms with E-state index in [-0.39, 0.29) is 17.2 Å². The predicted molar refractivity (Wildman–Crippen MR) is 123 cm³/mol. The number of para-hydroxylation sites is 1. The van der Waals surface area contributed by atoms with Crippen molar-refractivity contribution in [3.63, 3.8) is 0 Å². The zero-order valence-corrected chi connectivity index (χ0v) is 19.3. The SMILES string of the molecule is C[C@@]1(C(=O)c2ccc(Br)cc2)[C@@H]2c3ccccc3OC(=O)[C@@]21C(=O)Oc1ccc([N+](=O)[O-])cc1. The van der Waals surface area contributed by atoms with E-state index in [4.69, 9.17) is 9.47 Å². The Morgan fingerprint density at radius 1 is 1.03 bits per heavy atom. The lowest BCUT2D eigenvalue weighted by Gasteiger charge is -2.22. The molecule has 3 aromatic rings. The second kappa shape index (κ2) is 7.59. The Bertz CT molecular complexity index is 1370. The Balaban J connectivity index is 1.59. The highest BCUT2D eigenvalue weighted by atomic mass is 79.9. The number of fused-ring (bicyclic) bond motifs is 3. The molecule has 1 aliphatic heterocycles. The first kappa shape index (κ1) is 22.0. The van der Waals surface area contributed by atoms with E-state index in [2.05, 4.69) is 15.9 Å². The molecule has 0 unspecified atom stereocenters. The van der Waals surface area contributed by atoms with Gasteiger partial charge < -0.3 is 9.47 Å². The molecule has 0 N–H and O–H groups in total. The second-order valence-corrected chi connectivity index (χ2v) is 9.26. The summed E-state index contributed by atoms with van der Waals surface area (Å²) in [5.41, 5.74) is -2.62. The van der Waals surface area contributed by atoms with E-state index in [1.807, 2.05) is 0 Å². The van der Waals surface area contributed by atoms with Crippen LogP contribution in [0.5, 0.6) is 11.5 Å². The first-order chi connectivity index (χ1) is 16.2. The molecule has 0 bridgehead atoms. The molecule has 8 nitrogen and oxygen atoms in total. The number of non-ortho nitro benzene ring substituents is 1. The Labute approximate surface area is 201 Å². The second-order valence-electron chi connectivity index (χ2n) is 8.35. The fourth-order valence-electron chi connectivity index (χ4n) is 4.93. The van der Waals surface area contributed by atoms with Crippen LogP contribution < -0.4 is 9.47 Å². The molecule has 0 amide bonds. The quantitative estimate of drug-likeness (QED) is 0.118. The lowest BCUT2D eigenvalue weighted by Crippen LogP contribution is -2.41. The highest BCUT2D eigenvalue weighted by molar-refractivity contribution is 9.10. The first-order valence-corrected chi connectivity index (χ1v) is 11.1. The molecule has 5 rings (SSSR count). The molecule has 170 valence electrons. The van der Waals surface area contributed by atoms with Gasteiger partial charge in [-0.2, -0.15) is 0 Å². The molecule has 1 heterocycles. The normalized spacial score (nSPS) is 24.3. The maximum absolute atomic E-state index is 13.7. The number of nitrogens with zero attached hydrogens (tertiary/aromatic N) is 1. The Hall–Kier alpha value is -3.85. The van der Waals surface area contributed by atoms with Crippen LogP contribution in [0, 0.1) is 20.9 Å². The number of hydrogen-bond acceptors (Lipinski definition) is 7. The molecule has 0 aromatic heterocycles. The number of nitro benzene ring substituents is 1. The minimum absolute atomic E-state index is 0.0146. The Morgan fingerprint density at radius 3 is 2.32 bits per heavy atom. The summed E-state index contributed by atoms with van der Waals surface area (Å²) >= 11 is 3.34. The van der Waals surface area contributed by atoms with Crippen molar-refractivity contribution >= 4 is 39.3 Å². The minimum Gasteiger partial charge on any atom is -0.426 e. The van der Waals surface area contributed by atoms with Crippen LogP contribution in [0.15, 0.2) is 77.3 Å². The van der Waals surface area contributed by atoms with Crippen LogP contribution in [-0.2, 0) is 9.59 Å². The van der Waals surface area contributed by atoms with E-state index in [1.54, 1.807) is 55.5 Å². The maximum atomic E-state index is 13.7. The maximum Gasteiger partial charge on any atom is 0.330 e. The number of nitro groups is 1. The van der Waals surface area contributed by atoms with Crippen LogP contribution in [0.2, 0.25) is 0 Å². The van der Waals surface area contributed by atoms with Crippen molar-refractivity contribution in [3.8, 4) is 11.5 Å². The molecule has 0 spiro atoms. The molecular weight excluding hydrogens is 506 g/mol. The van der Waals surface area contributed by atoms with Crippen molar-refractivity contribution in [1.82, 2.24) is 0 Å². The van der Waals surface area contributed by atoms with Gasteiger partial charge in [0.2, 0.25) is 0 Å². The average molecular weight is 522 g/mol. The highest BCUT2D eigenvalue weighted by Gasteiger charge is 2.89. The Morgan fingerprint density at radius 2 is 1.68 bits per heavy atom. The van der Waals surface area contributed by atoms with Crippen LogP contribution in [0.3, 0.4) is 0 Å². The molecular formula is C25H16BrNO7. The number of ether oxygens (including phenoxy) is 2. The molecule has 9 heteroatoms. The van der Waals surface area contributed by atoms with E-state index in [0.717, 1.165) is 4.47 Å². The van der Waals surface area contributed by atoms with Gasteiger partial charge in [-0.1, -0.05) is 46.3 Å². The number of hydrogen-bond donors (Lipinski definition) is 0. The summed E-state index contributed by atoms with van der Waals surface area (Å²) in [5.74, 6) is -2.68. The third kappa shape index (κ3) is 2.93. The van der Waals surface area contributed by atoms with E-state index >= 15 is 0 Å². The largest absolute Gasteiger partial charge is 0.426 e. The molecule has 34 heavy (non-hydrogen) atoms. The fraction of sp³-hybridized carbons (Fsp3) is 0.160. The van der Waals surface area contributed by atoms with Crippen LogP contribution >= 0.6 is 15.9 Å². The van der Waals surface area contributed by atoms with Crippen molar-refractivity contribution in [1.29, 1.82) is 0 Å². The van der Waals surface area contributed by atoms with E-state index in [0.29, 0.717) is 16.9 Å². The molecule has 0 saturated heterocycles. The van der Waals surface area contributed by atoms with Crippen molar-refractivity contribution in [3.05, 3.63) is 98.5 Å². The van der Waals surface area contributed by atoms with E-state index < -0.39 is 33.6 Å². The highest BCUT2D eigenvalue weighted by Crippen LogP contribution is 2.78. The van der Waals surface area contributed by atoms with Gasteiger partial charge in [-0.25, -0.2) is 0 Å². The summed E-state index contributed by atoms with van der Waals surface area (Å²) in [7, 11) is 0. The predicted octanol–water partition coefficient (Wildman–Crippen LogP) is 4.85. The number of halogens is 1. The van der Waals surface area contributed by atoms with Crippen LogP contribution in [0.1, 0.15) is 28.8 Å². The van der Waals surface area contributed by atoms with Gasteiger partial charge in [0.25, 0.3) is 5.69 Å². The zero-order chi connectivity index (χ0) is 24.3. The molecule has 0 radical (unpaired) electrons. The number of Topliss-reactive ketones (excluding diaryl/α,β-unsaturated/α-hetero) is 1. The smallest absolute Gasteiger partial charge is 0.330 e. The Kier molecular flexibility index (Phi) is 4.91. The minimum atomic E-state index is -1.90. The summed E-state index contributed by atoms with van der Waals surface area (Å²) in [4.78, 5) is 51.0. The number of carbonyl (C=O) groups is 3. The van der Waals surface area contributed by atoms with Crippen molar-refractivity contribution in [2.45, 2.75) is 12.8 Å². The van der Waals surface area contributed by atoms with Crippen molar-refractivity contribution in [2.24, 2.45) is 10.8 Å². The van der Waals surface area contributed by atoms with Gasteiger partial charge in [-0.3, -0.25) is 24.5 Å². The molecule has 1 saturated carbocycles.